The predicted octanol–water partition coefficient (Wildman–Crippen LogP) is 4.61. The van der Waals surface area contributed by atoms with E-state index in [1.165, 1.54) is 19.2 Å². The van der Waals surface area contributed by atoms with Crippen LogP contribution in [0.3, 0.4) is 0 Å². The highest BCUT2D eigenvalue weighted by Crippen LogP contribution is 2.33. The van der Waals surface area contributed by atoms with Crippen LogP contribution in [0.2, 0.25) is 0 Å². The van der Waals surface area contributed by atoms with Gasteiger partial charge in [0.05, 0.1) is 28.8 Å². The van der Waals surface area contributed by atoms with Crippen LogP contribution in [0, 0.1) is 21.7 Å². The molecule has 1 aliphatic rings. The fourth-order valence-corrected chi connectivity index (χ4v) is 3.80. The summed E-state index contributed by atoms with van der Waals surface area (Å²) in [7, 11) is 1.49. The van der Waals surface area contributed by atoms with E-state index in [0.29, 0.717) is 5.75 Å². The van der Waals surface area contributed by atoms with Crippen LogP contribution in [0.4, 0.5) is 0 Å². The molecule has 0 radical (unpaired) electrons. The van der Waals surface area contributed by atoms with Crippen LogP contribution < -0.4 is 10.1 Å². The Morgan fingerprint density at radius 1 is 0.630 bits per heavy atom. The number of carbonyl (C=O) groups is 5. The van der Waals surface area contributed by atoms with Crippen molar-refractivity contribution < 1.29 is 52.4 Å². The predicted molar refractivity (Wildman–Crippen MR) is 168 cm³/mol. The van der Waals surface area contributed by atoms with Gasteiger partial charge >= 0.3 is 23.9 Å². The van der Waals surface area contributed by atoms with Gasteiger partial charge in [0.1, 0.15) is 18.5 Å². The van der Waals surface area contributed by atoms with E-state index in [4.69, 9.17) is 28.4 Å². The Balaban J connectivity index is 2.71. The third kappa shape index (κ3) is 10.4. The zero-order chi connectivity index (χ0) is 35.4. The van der Waals surface area contributed by atoms with E-state index in [1.807, 2.05) is 0 Å². The first kappa shape index (κ1) is 38.5. The van der Waals surface area contributed by atoms with Gasteiger partial charge in [-0.1, -0.05) is 0 Å². The zero-order valence-electron chi connectivity index (χ0n) is 29.4. The summed E-state index contributed by atoms with van der Waals surface area (Å²) < 4.78 is 34.8. The highest BCUT2D eigenvalue weighted by molar-refractivity contribution is 5.94. The number of benzene rings is 1. The van der Waals surface area contributed by atoms with Gasteiger partial charge in [-0.15, -0.1) is 0 Å². The molecular formula is C34H51NO11. The number of hydrogen-bond acceptors (Lipinski definition) is 11. The molecule has 5 atom stereocenters. The minimum absolute atomic E-state index is 0.227. The molecule has 46 heavy (non-hydrogen) atoms. The molecule has 1 N–H and O–H groups in total. The maximum absolute atomic E-state index is 13.5. The summed E-state index contributed by atoms with van der Waals surface area (Å²) in [5, 5.41) is 2.72. The highest BCUT2D eigenvalue weighted by atomic mass is 16.7. The van der Waals surface area contributed by atoms with Crippen LogP contribution in [0.25, 0.3) is 0 Å². The standard InChI is InChI=1S/C34H51NO11/c1-31(2,3)27(37)42-18-21-22(44-28(38)32(4,5)6)23(45-29(39)33(7,8)9)24(46-30(40)34(10,11)12)26(43-21)35-25(36)19-14-16-20(41-13)17-15-19/h14-17,21-24,26H,18H2,1-13H3,(H,35,36)/t21?,22-,23?,24?,26+/m0/s1. The molecular weight excluding hydrogens is 598 g/mol. The molecule has 0 spiro atoms. The molecule has 2 rings (SSSR count). The van der Waals surface area contributed by atoms with E-state index in [9.17, 15) is 24.0 Å². The van der Waals surface area contributed by atoms with Crippen LogP contribution >= 0.6 is 0 Å². The summed E-state index contributed by atoms with van der Waals surface area (Å²) in [6, 6.07) is 6.25. The number of ether oxygens (including phenoxy) is 6. The average molecular weight is 650 g/mol. The van der Waals surface area contributed by atoms with Gasteiger partial charge in [0.15, 0.2) is 24.5 Å². The van der Waals surface area contributed by atoms with E-state index in [-0.39, 0.29) is 5.56 Å². The van der Waals surface area contributed by atoms with Crippen molar-refractivity contribution in [3.05, 3.63) is 29.8 Å². The summed E-state index contributed by atoms with van der Waals surface area (Å²) in [5.74, 6) is -2.72. The lowest BCUT2D eigenvalue weighted by atomic mass is 9.92. The molecule has 1 amide bonds. The molecule has 12 heteroatoms. The Bertz CT molecular complexity index is 1260. The Kier molecular flexibility index (Phi) is 12.1. The van der Waals surface area contributed by atoms with Crippen LogP contribution in [0.5, 0.6) is 5.75 Å². The number of hydrogen-bond donors (Lipinski definition) is 1. The Hall–Kier alpha value is -3.67. The van der Waals surface area contributed by atoms with Gasteiger partial charge in [0.2, 0.25) is 0 Å². The van der Waals surface area contributed by atoms with Crippen molar-refractivity contribution in [2.24, 2.45) is 21.7 Å². The average Bonchev–Trinajstić information content (AvgIpc) is 2.92. The molecule has 0 aromatic heterocycles. The summed E-state index contributed by atoms with van der Waals surface area (Å²) in [4.78, 5) is 66.2. The first-order chi connectivity index (χ1) is 20.9. The topological polar surface area (TPSA) is 153 Å². The molecule has 1 saturated heterocycles. The lowest BCUT2D eigenvalue weighted by molar-refractivity contribution is -0.262. The Morgan fingerprint density at radius 3 is 1.46 bits per heavy atom. The number of esters is 4. The molecule has 0 aliphatic carbocycles. The minimum Gasteiger partial charge on any atom is -0.497 e. The fraction of sp³-hybridized carbons (Fsp3) is 0.676. The van der Waals surface area contributed by atoms with E-state index in [0.717, 1.165) is 0 Å². The van der Waals surface area contributed by atoms with Gasteiger partial charge in [-0.3, -0.25) is 24.0 Å². The van der Waals surface area contributed by atoms with Crippen LogP contribution in [0.1, 0.15) is 93.4 Å². The number of carbonyl (C=O) groups excluding carboxylic acids is 5. The van der Waals surface area contributed by atoms with Gasteiger partial charge in [-0.2, -0.15) is 0 Å². The molecule has 258 valence electrons. The monoisotopic (exact) mass is 649 g/mol. The van der Waals surface area contributed by atoms with Gasteiger partial charge in [-0.05, 0) is 107 Å². The molecule has 1 fully saturated rings. The molecule has 1 aromatic carbocycles. The lowest BCUT2D eigenvalue weighted by Crippen LogP contribution is -2.67. The lowest BCUT2D eigenvalue weighted by Gasteiger charge is -2.46. The van der Waals surface area contributed by atoms with Crippen molar-refractivity contribution in [2.45, 2.75) is 114 Å². The Morgan fingerprint density at radius 2 is 1.04 bits per heavy atom. The van der Waals surface area contributed by atoms with E-state index >= 15 is 0 Å². The van der Waals surface area contributed by atoms with Crippen molar-refractivity contribution in [3.8, 4) is 5.75 Å². The largest absolute Gasteiger partial charge is 0.497 e. The molecule has 1 aromatic rings. The number of amides is 1. The molecule has 1 heterocycles. The second-order valence-corrected chi connectivity index (χ2v) is 15.5. The second kappa shape index (κ2) is 14.4. The normalized spacial score (nSPS) is 22.2. The summed E-state index contributed by atoms with van der Waals surface area (Å²) in [6.45, 7) is 19.3. The second-order valence-electron chi connectivity index (χ2n) is 15.5. The smallest absolute Gasteiger partial charge is 0.311 e. The maximum atomic E-state index is 13.5. The van der Waals surface area contributed by atoms with Crippen molar-refractivity contribution in [1.29, 1.82) is 0 Å². The van der Waals surface area contributed by atoms with E-state index in [1.54, 1.807) is 95.2 Å². The highest BCUT2D eigenvalue weighted by Gasteiger charge is 2.55. The van der Waals surface area contributed by atoms with E-state index in [2.05, 4.69) is 5.32 Å². The molecule has 0 saturated carbocycles. The zero-order valence-corrected chi connectivity index (χ0v) is 29.4. The van der Waals surface area contributed by atoms with Gasteiger partial charge in [0.25, 0.3) is 5.91 Å². The number of nitrogens with one attached hydrogen (secondary N) is 1. The Labute approximate surface area is 272 Å². The van der Waals surface area contributed by atoms with Crippen molar-refractivity contribution >= 4 is 29.8 Å². The maximum Gasteiger partial charge on any atom is 0.311 e. The van der Waals surface area contributed by atoms with Crippen molar-refractivity contribution in [3.63, 3.8) is 0 Å². The van der Waals surface area contributed by atoms with Gasteiger partial charge in [-0.25, -0.2) is 0 Å². The number of rotatable bonds is 8. The molecule has 12 nitrogen and oxygen atoms in total. The first-order valence-electron chi connectivity index (χ1n) is 15.3. The van der Waals surface area contributed by atoms with Crippen LogP contribution in [0.15, 0.2) is 24.3 Å². The summed E-state index contributed by atoms with van der Waals surface area (Å²) >= 11 is 0. The minimum atomic E-state index is -1.48. The fourth-order valence-electron chi connectivity index (χ4n) is 3.80. The number of methoxy groups -OCH3 is 1. The summed E-state index contributed by atoms with van der Waals surface area (Å²) in [6.07, 6.45) is -7.04. The third-order valence-corrected chi connectivity index (χ3v) is 6.82. The quantitative estimate of drug-likeness (QED) is 0.310. The molecule has 3 unspecified atom stereocenters. The van der Waals surface area contributed by atoms with Gasteiger partial charge in [0, 0.05) is 5.56 Å². The van der Waals surface area contributed by atoms with Crippen LogP contribution in [-0.4, -0.2) is 74.1 Å². The SMILES string of the molecule is COc1ccc(C(=O)N[C@@H]2OC(COC(=O)C(C)(C)C)[C@H](OC(=O)C(C)(C)C)C(OC(=O)C(C)(C)C)C2OC(=O)C(C)(C)C)cc1. The first-order valence-corrected chi connectivity index (χ1v) is 15.3. The van der Waals surface area contributed by atoms with Crippen molar-refractivity contribution in [1.82, 2.24) is 5.32 Å². The molecule has 0 bridgehead atoms. The van der Waals surface area contributed by atoms with E-state index < -0.39 is 88.7 Å². The van der Waals surface area contributed by atoms with Gasteiger partial charge < -0.3 is 33.7 Å². The summed E-state index contributed by atoms with van der Waals surface area (Å²) in [5.41, 5.74) is -3.68. The third-order valence-electron chi connectivity index (χ3n) is 6.82. The van der Waals surface area contributed by atoms with Crippen LogP contribution in [-0.2, 0) is 42.9 Å². The molecule has 1 aliphatic heterocycles. The van der Waals surface area contributed by atoms with Crippen molar-refractivity contribution in [2.75, 3.05) is 13.7 Å².